The molecule has 0 aliphatic rings. The molecule has 0 aliphatic carbocycles. The van der Waals surface area contributed by atoms with E-state index in [0.29, 0.717) is 22.5 Å². The summed E-state index contributed by atoms with van der Waals surface area (Å²) in [6.45, 7) is -0.416. The average molecular weight is 412 g/mol. The van der Waals surface area contributed by atoms with Gasteiger partial charge in [-0.1, -0.05) is 60.7 Å². The van der Waals surface area contributed by atoms with Crippen LogP contribution in [0.25, 0.3) is 22.6 Å². The van der Waals surface area contributed by atoms with Crippen LogP contribution in [0.2, 0.25) is 0 Å². The number of para-hydroxylation sites is 1. The van der Waals surface area contributed by atoms with E-state index in [4.69, 9.17) is 13.9 Å². The van der Waals surface area contributed by atoms with Crippen molar-refractivity contribution in [1.82, 2.24) is 0 Å². The van der Waals surface area contributed by atoms with E-state index in [1.165, 1.54) is 0 Å². The highest BCUT2D eigenvalue weighted by Crippen LogP contribution is 2.23. The summed E-state index contributed by atoms with van der Waals surface area (Å²) in [6.07, 6.45) is 1.71. The lowest BCUT2D eigenvalue weighted by atomic mass is 10.0. The first-order chi connectivity index (χ1) is 15.1. The third-order valence-electron chi connectivity index (χ3n) is 4.74. The Morgan fingerprint density at radius 1 is 0.903 bits per heavy atom. The molecule has 31 heavy (non-hydrogen) atoms. The Balaban J connectivity index is 1.55. The van der Waals surface area contributed by atoms with Gasteiger partial charge in [0.25, 0.3) is 0 Å². The topological polar surface area (TPSA) is 65.7 Å². The number of ether oxygens (including phenoxy) is 2. The van der Waals surface area contributed by atoms with Gasteiger partial charge in [0.05, 0.1) is 12.7 Å². The van der Waals surface area contributed by atoms with Crippen LogP contribution in [0.1, 0.15) is 21.7 Å². The predicted octanol–water partition coefficient (Wildman–Crippen LogP) is 5.41. The van der Waals surface area contributed by atoms with Crippen LogP contribution < -0.4 is 4.74 Å². The maximum Gasteiger partial charge on any atom is 0.339 e. The van der Waals surface area contributed by atoms with Crippen molar-refractivity contribution in [2.75, 3.05) is 13.7 Å². The maximum atomic E-state index is 12.9. The third-order valence-corrected chi connectivity index (χ3v) is 4.74. The molecule has 5 heteroatoms. The highest BCUT2D eigenvalue weighted by atomic mass is 16.5. The van der Waals surface area contributed by atoms with Gasteiger partial charge in [0.15, 0.2) is 12.4 Å². The molecule has 4 aromatic rings. The lowest BCUT2D eigenvalue weighted by Crippen LogP contribution is -2.14. The Labute approximate surface area is 179 Å². The highest BCUT2D eigenvalue weighted by molar-refractivity contribution is 6.22. The summed E-state index contributed by atoms with van der Waals surface area (Å²) < 4.78 is 16.2. The molecular weight excluding hydrogens is 392 g/mol. The largest absolute Gasteiger partial charge is 0.497 e. The van der Waals surface area contributed by atoms with Gasteiger partial charge in [-0.25, -0.2) is 4.79 Å². The first-order valence-corrected chi connectivity index (χ1v) is 9.74. The monoisotopic (exact) mass is 412 g/mol. The number of benzene rings is 3. The second kappa shape index (κ2) is 9.13. The molecule has 154 valence electrons. The summed E-state index contributed by atoms with van der Waals surface area (Å²) in [7, 11) is 1.58. The first-order valence-electron chi connectivity index (χ1n) is 9.74. The number of carbonyl (C=O) groups is 2. The smallest absolute Gasteiger partial charge is 0.339 e. The number of carbonyl (C=O) groups excluding carboxylic acids is 2. The molecular formula is C26H20O5. The lowest BCUT2D eigenvalue weighted by molar-refractivity contribution is -0.135. The molecule has 0 unspecified atom stereocenters. The minimum absolute atomic E-state index is 0.159. The van der Waals surface area contributed by atoms with Gasteiger partial charge in [-0.3, -0.25) is 4.79 Å². The molecule has 0 saturated carbocycles. The van der Waals surface area contributed by atoms with Crippen LogP contribution in [-0.4, -0.2) is 25.5 Å². The Kier molecular flexibility index (Phi) is 5.94. The molecule has 5 nitrogen and oxygen atoms in total. The molecule has 4 rings (SSSR count). The zero-order valence-corrected chi connectivity index (χ0v) is 16.9. The van der Waals surface area contributed by atoms with Gasteiger partial charge >= 0.3 is 5.97 Å². The van der Waals surface area contributed by atoms with E-state index < -0.39 is 18.4 Å². The van der Waals surface area contributed by atoms with E-state index in [1.54, 1.807) is 25.3 Å². The number of rotatable bonds is 7. The fraction of sp³-hybridized carbons (Fsp3) is 0.0769. The van der Waals surface area contributed by atoms with Gasteiger partial charge in [-0.05, 0) is 41.5 Å². The van der Waals surface area contributed by atoms with Crippen molar-refractivity contribution in [1.29, 1.82) is 0 Å². The number of ketones is 1. The molecule has 0 spiro atoms. The Bertz CT molecular complexity index is 1220. The van der Waals surface area contributed by atoms with Crippen molar-refractivity contribution in [3.63, 3.8) is 0 Å². The summed E-state index contributed by atoms with van der Waals surface area (Å²) in [6, 6.07) is 25.5. The predicted molar refractivity (Wildman–Crippen MR) is 119 cm³/mol. The summed E-state index contributed by atoms with van der Waals surface area (Å²) in [5.41, 5.74) is 2.41. The van der Waals surface area contributed by atoms with E-state index in [0.717, 1.165) is 10.9 Å². The van der Waals surface area contributed by atoms with Gasteiger partial charge in [-0.15, -0.1) is 0 Å². The first kappa shape index (κ1) is 20.2. The summed E-state index contributed by atoms with van der Waals surface area (Å²) in [4.78, 5) is 25.4. The number of esters is 1. The Morgan fingerprint density at radius 3 is 2.45 bits per heavy atom. The molecule has 0 atom stereocenters. The zero-order chi connectivity index (χ0) is 21.6. The fourth-order valence-corrected chi connectivity index (χ4v) is 3.18. The molecule has 0 aliphatic heterocycles. The number of hydrogen-bond acceptors (Lipinski definition) is 5. The number of fused-ring (bicyclic) bond motifs is 1. The van der Waals surface area contributed by atoms with Crippen molar-refractivity contribution >= 4 is 34.4 Å². The Morgan fingerprint density at radius 2 is 1.68 bits per heavy atom. The molecule has 3 aromatic carbocycles. The lowest BCUT2D eigenvalue weighted by Gasteiger charge is -2.09. The number of furan rings is 1. The quantitative estimate of drug-likeness (QED) is 0.176. The maximum absolute atomic E-state index is 12.9. The van der Waals surface area contributed by atoms with E-state index in [9.17, 15) is 9.59 Å². The van der Waals surface area contributed by atoms with Gasteiger partial charge in [-0.2, -0.15) is 0 Å². The number of hydrogen-bond donors (Lipinski definition) is 0. The van der Waals surface area contributed by atoms with E-state index >= 15 is 0 Å². The number of Topliss-reactive ketones (excluding diaryl/α,β-unsaturated/α-hetero) is 1. The molecule has 0 amide bonds. The molecule has 0 saturated heterocycles. The van der Waals surface area contributed by atoms with Gasteiger partial charge < -0.3 is 13.9 Å². The molecule has 0 N–H and O–H groups in total. The molecule has 1 heterocycles. The second-order valence-corrected chi connectivity index (χ2v) is 6.85. The van der Waals surface area contributed by atoms with Crippen molar-refractivity contribution in [3.8, 4) is 5.75 Å². The zero-order valence-electron chi connectivity index (χ0n) is 16.9. The normalized spacial score (nSPS) is 11.3. The van der Waals surface area contributed by atoms with Crippen molar-refractivity contribution < 1.29 is 23.5 Å². The molecule has 0 radical (unpaired) electrons. The van der Waals surface area contributed by atoms with Gasteiger partial charge in [0.2, 0.25) is 5.78 Å². The van der Waals surface area contributed by atoms with Crippen molar-refractivity contribution in [3.05, 3.63) is 102 Å². The number of methoxy groups -OCH3 is 1. The minimum atomic E-state index is -0.599. The van der Waals surface area contributed by atoms with E-state index in [-0.39, 0.29) is 5.76 Å². The summed E-state index contributed by atoms with van der Waals surface area (Å²) in [5.74, 6) is -0.168. The second-order valence-electron chi connectivity index (χ2n) is 6.85. The van der Waals surface area contributed by atoms with Crippen LogP contribution in [0, 0.1) is 0 Å². The average Bonchev–Trinajstić information content (AvgIpc) is 3.26. The van der Waals surface area contributed by atoms with E-state index in [1.807, 2.05) is 72.8 Å². The van der Waals surface area contributed by atoms with Crippen molar-refractivity contribution in [2.45, 2.75) is 0 Å². The highest BCUT2D eigenvalue weighted by Gasteiger charge is 2.18. The molecule has 0 fully saturated rings. The SMILES string of the molecule is COc1cccc(/C=C(/C(=O)OCC(=O)c2cc3ccccc3o2)c2ccccc2)c1. The summed E-state index contributed by atoms with van der Waals surface area (Å²) in [5, 5.41) is 0.820. The fourth-order valence-electron chi connectivity index (χ4n) is 3.18. The van der Waals surface area contributed by atoms with E-state index in [2.05, 4.69) is 0 Å². The third kappa shape index (κ3) is 4.73. The Hall–Kier alpha value is -4.12. The van der Waals surface area contributed by atoms with Crippen LogP contribution in [0.3, 0.4) is 0 Å². The van der Waals surface area contributed by atoms with Crippen LogP contribution in [0.4, 0.5) is 0 Å². The molecule has 1 aromatic heterocycles. The standard InChI is InChI=1S/C26H20O5/c1-29-21-12-7-8-18(14-21)15-22(19-9-3-2-4-10-19)26(28)30-17-23(27)25-16-20-11-5-6-13-24(20)31-25/h2-16H,17H2,1H3/b22-15+. The molecule has 0 bridgehead atoms. The summed E-state index contributed by atoms with van der Waals surface area (Å²) >= 11 is 0. The van der Waals surface area contributed by atoms with Gasteiger partial charge in [0.1, 0.15) is 11.3 Å². The van der Waals surface area contributed by atoms with Crippen LogP contribution in [-0.2, 0) is 9.53 Å². The van der Waals surface area contributed by atoms with Crippen LogP contribution >= 0.6 is 0 Å². The van der Waals surface area contributed by atoms with Crippen LogP contribution in [0.5, 0.6) is 5.75 Å². The van der Waals surface area contributed by atoms with Gasteiger partial charge in [0, 0.05) is 5.39 Å². The van der Waals surface area contributed by atoms with Crippen LogP contribution in [0.15, 0.2) is 89.3 Å². The van der Waals surface area contributed by atoms with Crippen molar-refractivity contribution in [2.24, 2.45) is 0 Å². The minimum Gasteiger partial charge on any atom is -0.497 e.